The second-order valence-electron chi connectivity index (χ2n) is 3.89. The number of nitrogens with zero attached hydrogens (tertiary/aromatic N) is 1. The fraction of sp³-hybridized carbons (Fsp3) is 0.667. The van der Waals surface area contributed by atoms with E-state index in [-0.39, 0.29) is 0 Å². The van der Waals surface area contributed by atoms with Crippen molar-refractivity contribution in [2.45, 2.75) is 39.0 Å². The lowest BCUT2D eigenvalue weighted by molar-refractivity contribution is -0.128. The molecule has 0 saturated heterocycles. The van der Waals surface area contributed by atoms with Crippen molar-refractivity contribution in [2.24, 2.45) is 5.92 Å². The van der Waals surface area contributed by atoms with Crippen molar-refractivity contribution < 1.29 is 9.53 Å². The van der Waals surface area contributed by atoms with Gasteiger partial charge in [-0.25, -0.2) is 4.98 Å². The molecule has 0 aromatic carbocycles. The van der Waals surface area contributed by atoms with Crippen LogP contribution >= 0.6 is 11.3 Å². The minimum atomic E-state index is 0.431. The molecule has 2 rings (SSSR count). The van der Waals surface area contributed by atoms with Crippen LogP contribution in [0.2, 0.25) is 0 Å². The van der Waals surface area contributed by atoms with Gasteiger partial charge in [0.25, 0.3) is 6.47 Å². The molecule has 0 amide bonds. The van der Waals surface area contributed by atoms with E-state index in [9.17, 15) is 4.79 Å². The Kier molecular flexibility index (Phi) is 6.81. The van der Waals surface area contributed by atoms with Crippen LogP contribution in [-0.2, 0) is 16.0 Å². The average molecular weight is 241 g/mol. The number of thiazole rings is 1. The first-order valence-corrected chi connectivity index (χ1v) is 6.73. The molecule has 0 bridgehead atoms. The molecule has 0 radical (unpaired) electrons. The fourth-order valence-electron chi connectivity index (χ4n) is 1.92. The number of carbonyl (C=O) groups is 1. The highest BCUT2D eigenvalue weighted by Crippen LogP contribution is 2.27. The third kappa shape index (κ3) is 5.26. The highest BCUT2D eigenvalue weighted by atomic mass is 32.1. The Morgan fingerprint density at radius 3 is 2.75 bits per heavy atom. The molecule has 1 aromatic rings. The smallest absolute Gasteiger partial charge is 0.293 e. The molecule has 0 spiro atoms. The van der Waals surface area contributed by atoms with Gasteiger partial charge in [0, 0.05) is 5.38 Å². The Morgan fingerprint density at radius 1 is 1.56 bits per heavy atom. The van der Waals surface area contributed by atoms with Gasteiger partial charge in [0.15, 0.2) is 0 Å². The summed E-state index contributed by atoms with van der Waals surface area (Å²) in [5.74, 6) is 0.942. The van der Waals surface area contributed by atoms with Gasteiger partial charge in [-0.3, -0.25) is 4.79 Å². The van der Waals surface area contributed by atoms with Crippen molar-refractivity contribution in [1.82, 2.24) is 4.98 Å². The molecular weight excluding hydrogens is 222 g/mol. The summed E-state index contributed by atoms with van der Waals surface area (Å²) in [6, 6.07) is 0. The molecule has 1 aliphatic carbocycles. The number of ether oxygens (including phenoxy) is 1. The van der Waals surface area contributed by atoms with Crippen LogP contribution < -0.4 is 0 Å². The lowest BCUT2D eigenvalue weighted by Crippen LogP contribution is -1.98. The summed E-state index contributed by atoms with van der Waals surface area (Å²) in [4.78, 5) is 13.5. The molecule has 0 N–H and O–H groups in total. The first-order valence-electron chi connectivity index (χ1n) is 5.79. The Labute approximate surface area is 101 Å². The average Bonchev–Trinajstić information content (AvgIpc) is 2.94. The molecule has 16 heavy (non-hydrogen) atoms. The van der Waals surface area contributed by atoms with E-state index in [1.54, 1.807) is 18.3 Å². The summed E-state index contributed by atoms with van der Waals surface area (Å²) in [6.07, 6.45) is 6.96. The van der Waals surface area contributed by atoms with Crippen LogP contribution in [0.25, 0.3) is 0 Å². The number of rotatable bonds is 4. The molecule has 1 saturated carbocycles. The van der Waals surface area contributed by atoms with E-state index in [4.69, 9.17) is 0 Å². The molecule has 1 heterocycles. The van der Waals surface area contributed by atoms with Crippen LogP contribution in [0.15, 0.2) is 10.9 Å². The second kappa shape index (κ2) is 8.28. The van der Waals surface area contributed by atoms with E-state index >= 15 is 0 Å². The van der Waals surface area contributed by atoms with Gasteiger partial charge >= 0.3 is 0 Å². The zero-order valence-electron chi connectivity index (χ0n) is 9.72. The molecule has 1 fully saturated rings. The zero-order chi connectivity index (χ0) is 11.6. The van der Waals surface area contributed by atoms with Crippen molar-refractivity contribution in [3.8, 4) is 0 Å². The SMILES string of the molecule is CCOC=O.c1nc(CC2CCCC2)cs1. The standard InChI is InChI=1S/C9H13NS.C3H6O2/c1-2-4-8(3-1)5-9-6-11-7-10-9;1-2-5-3-4/h6-8H,1-5H2;3H,2H2,1H3. The van der Waals surface area contributed by atoms with Crippen LogP contribution in [-0.4, -0.2) is 18.1 Å². The number of hydrogen-bond acceptors (Lipinski definition) is 4. The van der Waals surface area contributed by atoms with Crippen molar-refractivity contribution in [3.63, 3.8) is 0 Å². The van der Waals surface area contributed by atoms with Crippen LogP contribution in [0.5, 0.6) is 0 Å². The van der Waals surface area contributed by atoms with Crippen LogP contribution in [0.4, 0.5) is 0 Å². The van der Waals surface area contributed by atoms with E-state index in [2.05, 4.69) is 15.1 Å². The molecule has 0 aliphatic heterocycles. The summed E-state index contributed by atoms with van der Waals surface area (Å²) in [5.41, 5.74) is 3.24. The summed E-state index contributed by atoms with van der Waals surface area (Å²) < 4.78 is 4.15. The van der Waals surface area contributed by atoms with Crippen molar-refractivity contribution in [3.05, 3.63) is 16.6 Å². The first-order chi connectivity index (χ1) is 7.86. The van der Waals surface area contributed by atoms with Gasteiger partial charge < -0.3 is 4.74 Å². The number of carbonyl (C=O) groups excluding carboxylic acids is 1. The predicted octanol–water partition coefficient (Wildman–Crippen LogP) is 3.06. The van der Waals surface area contributed by atoms with Gasteiger partial charge in [0.1, 0.15) is 0 Å². The van der Waals surface area contributed by atoms with Crippen molar-refractivity contribution >= 4 is 17.8 Å². The molecule has 0 atom stereocenters. The lowest BCUT2D eigenvalue weighted by Gasteiger charge is -2.04. The van der Waals surface area contributed by atoms with Gasteiger partial charge in [0.2, 0.25) is 0 Å². The van der Waals surface area contributed by atoms with E-state index in [0.717, 1.165) is 5.92 Å². The van der Waals surface area contributed by atoms with Crippen molar-refractivity contribution in [1.29, 1.82) is 0 Å². The largest absolute Gasteiger partial charge is 0.468 e. The summed E-state index contributed by atoms with van der Waals surface area (Å²) in [5, 5.41) is 2.18. The highest BCUT2D eigenvalue weighted by molar-refractivity contribution is 7.07. The van der Waals surface area contributed by atoms with Crippen LogP contribution in [0.1, 0.15) is 38.3 Å². The summed E-state index contributed by atoms with van der Waals surface area (Å²) in [6.45, 7) is 2.66. The van der Waals surface area contributed by atoms with Gasteiger partial charge in [-0.1, -0.05) is 25.7 Å². The normalized spacial score (nSPS) is 15.3. The molecular formula is C12H19NO2S. The van der Waals surface area contributed by atoms with Crippen LogP contribution in [0, 0.1) is 5.92 Å². The first kappa shape index (κ1) is 13.2. The Balaban J connectivity index is 0.000000221. The fourth-order valence-corrected chi connectivity index (χ4v) is 2.49. The quantitative estimate of drug-likeness (QED) is 0.760. The maximum Gasteiger partial charge on any atom is 0.293 e. The van der Waals surface area contributed by atoms with E-state index in [1.165, 1.54) is 37.8 Å². The van der Waals surface area contributed by atoms with Gasteiger partial charge in [0.05, 0.1) is 17.8 Å². The number of hydrogen-bond donors (Lipinski definition) is 0. The Hall–Kier alpha value is -0.900. The predicted molar refractivity (Wildman–Crippen MR) is 65.5 cm³/mol. The monoisotopic (exact) mass is 241 g/mol. The third-order valence-electron chi connectivity index (χ3n) is 2.69. The van der Waals surface area contributed by atoms with Crippen LogP contribution in [0.3, 0.4) is 0 Å². The topological polar surface area (TPSA) is 39.2 Å². The summed E-state index contributed by atoms with van der Waals surface area (Å²) >= 11 is 1.71. The van der Waals surface area contributed by atoms with E-state index < -0.39 is 0 Å². The maximum absolute atomic E-state index is 9.18. The highest BCUT2D eigenvalue weighted by Gasteiger charge is 2.15. The second-order valence-corrected chi connectivity index (χ2v) is 4.60. The molecule has 1 aromatic heterocycles. The minimum absolute atomic E-state index is 0.431. The van der Waals surface area contributed by atoms with Gasteiger partial charge in [-0.05, 0) is 19.3 Å². The van der Waals surface area contributed by atoms with Gasteiger partial charge in [-0.2, -0.15) is 0 Å². The molecule has 1 aliphatic rings. The van der Waals surface area contributed by atoms with E-state index in [0.29, 0.717) is 13.1 Å². The zero-order valence-corrected chi connectivity index (χ0v) is 10.5. The molecule has 4 heteroatoms. The summed E-state index contributed by atoms with van der Waals surface area (Å²) in [7, 11) is 0. The Morgan fingerprint density at radius 2 is 2.31 bits per heavy atom. The maximum atomic E-state index is 9.18. The Bertz CT molecular complexity index is 269. The third-order valence-corrected chi connectivity index (χ3v) is 3.33. The van der Waals surface area contributed by atoms with Crippen molar-refractivity contribution in [2.75, 3.05) is 6.61 Å². The molecule has 0 unspecified atom stereocenters. The molecule has 3 nitrogen and oxygen atoms in total. The molecule has 90 valence electrons. The minimum Gasteiger partial charge on any atom is -0.468 e. The lowest BCUT2D eigenvalue weighted by atomic mass is 10.0. The van der Waals surface area contributed by atoms with Gasteiger partial charge in [-0.15, -0.1) is 11.3 Å². The number of aromatic nitrogens is 1. The van der Waals surface area contributed by atoms with E-state index in [1.807, 2.05) is 5.51 Å².